The number of benzene rings is 1. The van der Waals surface area contributed by atoms with Crippen molar-refractivity contribution in [1.82, 2.24) is 5.16 Å². The van der Waals surface area contributed by atoms with Crippen molar-refractivity contribution < 1.29 is 29.1 Å². The Hall–Kier alpha value is -3.55. The Kier molecular flexibility index (Phi) is 6.82. The third-order valence-electron chi connectivity index (χ3n) is 6.15. The molecular weight excluding hydrogens is 424 g/mol. The third-order valence-corrected chi connectivity index (χ3v) is 6.15. The van der Waals surface area contributed by atoms with Crippen molar-refractivity contribution in [2.24, 2.45) is 4.99 Å². The number of hydrogen-bond donors (Lipinski definition) is 2. The highest BCUT2D eigenvalue weighted by Crippen LogP contribution is 2.35. The summed E-state index contributed by atoms with van der Waals surface area (Å²) in [4.78, 5) is 40.3. The second-order valence-corrected chi connectivity index (χ2v) is 8.44. The fourth-order valence-corrected chi connectivity index (χ4v) is 4.53. The molecule has 33 heavy (non-hydrogen) atoms. The van der Waals surface area contributed by atoms with Crippen LogP contribution in [0.3, 0.4) is 0 Å². The summed E-state index contributed by atoms with van der Waals surface area (Å²) < 4.78 is 5.49. The number of fused-ring (bicyclic) bond motifs is 1. The van der Waals surface area contributed by atoms with Gasteiger partial charge in [0, 0.05) is 44.4 Å². The molecule has 1 aromatic heterocycles. The van der Waals surface area contributed by atoms with Crippen LogP contribution in [0.5, 0.6) is 0 Å². The van der Waals surface area contributed by atoms with Crippen molar-refractivity contribution in [3.05, 3.63) is 64.2 Å². The number of hydrogen-bond acceptors (Lipinski definition) is 7. The van der Waals surface area contributed by atoms with Gasteiger partial charge in [0.25, 0.3) is 0 Å². The van der Waals surface area contributed by atoms with Gasteiger partial charge in [0.2, 0.25) is 0 Å². The molecule has 1 fully saturated rings. The first-order valence-electron chi connectivity index (χ1n) is 11.2. The number of aliphatic imine (C=N–C) groups is 1. The van der Waals surface area contributed by atoms with E-state index in [4.69, 9.17) is 9.63 Å². The van der Waals surface area contributed by atoms with E-state index in [-0.39, 0.29) is 54.6 Å². The van der Waals surface area contributed by atoms with Crippen molar-refractivity contribution in [3.63, 3.8) is 0 Å². The van der Waals surface area contributed by atoms with Crippen LogP contribution in [0.15, 0.2) is 51.2 Å². The number of aliphatic hydroxyl groups is 1. The van der Waals surface area contributed by atoms with Gasteiger partial charge >= 0.3 is 5.97 Å². The van der Waals surface area contributed by atoms with Crippen molar-refractivity contribution in [1.29, 1.82) is 0 Å². The van der Waals surface area contributed by atoms with Crippen LogP contribution in [0.2, 0.25) is 0 Å². The number of aryl methyl sites for hydroxylation is 1. The standard InChI is InChI=1S/C25H26N2O6/c28-19-8-4-7-17(26-12-11-23(31)32)24(19)20(29)10-9-18-25-21(30)13-16(14-22(25)33-27-18)15-5-2-1-3-6-15/h1-3,5-6,16,29H,4,7-14H2,(H,31,32)/b24-20-,26-17?. The summed E-state index contributed by atoms with van der Waals surface area (Å²) in [5.74, 6) is -0.684. The molecule has 2 aliphatic rings. The molecule has 2 N–H and O–H groups in total. The summed E-state index contributed by atoms with van der Waals surface area (Å²) in [7, 11) is 0. The van der Waals surface area contributed by atoms with Crippen LogP contribution in [-0.4, -0.2) is 45.2 Å². The molecule has 1 heterocycles. The lowest BCUT2D eigenvalue weighted by molar-refractivity contribution is -0.136. The molecule has 0 bridgehead atoms. The number of rotatable bonds is 7. The van der Waals surface area contributed by atoms with Crippen LogP contribution in [0.4, 0.5) is 0 Å². The number of carboxylic acids is 1. The quantitative estimate of drug-likeness (QED) is 0.481. The average molecular weight is 450 g/mol. The second-order valence-electron chi connectivity index (χ2n) is 8.44. The number of Topliss-reactive ketones (excluding diaryl/α,β-unsaturated/α-hetero) is 2. The molecule has 0 saturated heterocycles. The smallest absolute Gasteiger partial charge is 0.305 e. The van der Waals surface area contributed by atoms with Crippen molar-refractivity contribution in [2.75, 3.05) is 6.54 Å². The van der Waals surface area contributed by atoms with E-state index in [0.717, 1.165) is 5.56 Å². The largest absolute Gasteiger partial charge is 0.511 e. The fourth-order valence-electron chi connectivity index (χ4n) is 4.53. The SMILES string of the molecule is O=C(O)CCN=C1CCCC(=O)/C1=C(\O)CCc1noc2c1C(=O)CC(c1ccccc1)C2. The lowest BCUT2D eigenvalue weighted by atomic mass is 9.81. The van der Waals surface area contributed by atoms with E-state index < -0.39 is 5.97 Å². The van der Waals surface area contributed by atoms with Gasteiger partial charge in [-0.1, -0.05) is 35.5 Å². The van der Waals surface area contributed by atoms with E-state index in [1.807, 2.05) is 30.3 Å². The van der Waals surface area contributed by atoms with Crippen molar-refractivity contribution in [2.45, 2.75) is 57.3 Å². The highest BCUT2D eigenvalue weighted by Gasteiger charge is 2.33. The van der Waals surface area contributed by atoms with E-state index in [1.165, 1.54) is 0 Å². The number of carbonyl (C=O) groups excluding carboxylic acids is 2. The monoisotopic (exact) mass is 450 g/mol. The van der Waals surface area contributed by atoms with Crippen LogP contribution in [-0.2, 0) is 22.4 Å². The van der Waals surface area contributed by atoms with Gasteiger partial charge in [-0.3, -0.25) is 19.4 Å². The highest BCUT2D eigenvalue weighted by atomic mass is 16.5. The van der Waals surface area contributed by atoms with E-state index in [2.05, 4.69) is 10.1 Å². The number of carbonyl (C=O) groups is 3. The van der Waals surface area contributed by atoms with Crippen LogP contribution >= 0.6 is 0 Å². The summed E-state index contributed by atoms with van der Waals surface area (Å²) in [6.45, 7) is 0.0581. The van der Waals surface area contributed by atoms with Crippen LogP contribution in [0.1, 0.15) is 71.8 Å². The zero-order valence-corrected chi connectivity index (χ0v) is 18.2. The molecular formula is C25H26N2O6. The molecule has 172 valence electrons. The Bertz CT molecular complexity index is 1130. The molecule has 0 spiro atoms. The second kappa shape index (κ2) is 9.94. The normalized spacial score (nSPS) is 21.2. The minimum Gasteiger partial charge on any atom is -0.511 e. The predicted molar refractivity (Wildman–Crippen MR) is 120 cm³/mol. The maximum atomic E-state index is 12.9. The van der Waals surface area contributed by atoms with Crippen LogP contribution < -0.4 is 0 Å². The molecule has 0 radical (unpaired) electrons. The highest BCUT2D eigenvalue weighted by molar-refractivity contribution is 6.24. The molecule has 1 aromatic carbocycles. The zero-order valence-electron chi connectivity index (χ0n) is 18.2. The number of nitrogens with zero attached hydrogens (tertiary/aromatic N) is 2. The maximum Gasteiger partial charge on any atom is 0.305 e. The van der Waals surface area contributed by atoms with Gasteiger partial charge in [0.15, 0.2) is 11.6 Å². The van der Waals surface area contributed by atoms with Gasteiger partial charge in [0.05, 0.1) is 23.3 Å². The van der Waals surface area contributed by atoms with Gasteiger partial charge in [-0.2, -0.15) is 0 Å². The maximum absolute atomic E-state index is 12.9. The number of allylic oxidation sites excluding steroid dienone is 2. The molecule has 1 atom stereocenters. The number of aliphatic carboxylic acids is 1. The van der Waals surface area contributed by atoms with Gasteiger partial charge in [-0.25, -0.2) is 0 Å². The van der Waals surface area contributed by atoms with Gasteiger partial charge < -0.3 is 14.7 Å². The lowest BCUT2D eigenvalue weighted by Gasteiger charge is -2.20. The Labute approximate surface area is 191 Å². The van der Waals surface area contributed by atoms with E-state index >= 15 is 0 Å². The van der Waals surface area contributed by atoms with E-state index in [0.29, 0.717) is 54.8 Å². The topological polar surface area (TPSA) is 130 Å². The van der Waals surface area contributed by atoms with Gasteiger partial charge in [0.1, 0.15) is 11.5 Å². The molecule has 2 aromatic rings. The molecule has 1 unspecified atom stereocenters. The molecule has 8 heteroatoms. The van der Waals surface area contributed by atoms with Crippen molar-refractivity contribution >= 4 is 23.2 Å². The van der Waals surface area contributed by atoms with Gasteiger partial charge in [-0.05, 0) is 24.3 Å². The predicted octanol–water partition coefficient (Wildman–Crippen LogP) is 4.00. The average Bonchev–Trinajstić information content (AvgIpc) is 3.21. The minimum absolute atomic E-state index is 0.0295. The van der Waals surface area contributed by atoms with Crippen molar-refractivity contribution in [3.8, 4) is 0 Å². The Morgan fingerprint density at radius 2 is 1.85 bits per heavy atom. The number of carboxylic acid groups (broad SMARTS) is 1. The number of ketones is 2. The third kappa shape index (κ3) is 5.10. The zero-order chi connectivity index (χ0) is 23.4. The summed E-state index contributed by atoms with van der Waals surface area (Å²) >= 11 is 0. The van der Waals surface area contributed by atoms with Crippen LogP contribution in [0, 0.1) is 0 Å². The lowest BCUT2D eigenvalue weighted by Crippen LogP contribution is -2.22. The Balaban J connectivity index is 1.50. The molecule has 1 saturated carbocycles. The summed E-state index contributed by atoms with van der Waals surface area (Å²) in [5.41, 5.74) is 2.70. The number of aromatic nitrogens is 1. The van der Waals surface area contributed by atoms with E-state index in [1.54, 1.807) is 0 Å². The van der Waals surface area contributed by atoms with E-state index in [9.17, 15) is 19.5 Å². The Morgan fingerprint density at radius 1 is 1.06 bits per heavy atom. The first-order chi connectivity index (χ1) is 15.9. The number of aliphatic hydroxyl groups excluding tert-OH is 1. The molecule has 2 aliphatic carbocycles. The fraction of sp³-hybridized carbons (Fsp3) is 0.400. The van der Waals surface area contributed by atoms with Crippen LogP contribution in [0.25, 0.3) is 0 Å². The summed E-state index contributed by atoms with van der Waals surface area (Å²) in [6.07, 6.45) is 2.65. The molecule has 0 aliphatic heterocycles. The summed E-state index contributed by atoms with van der Waals surface area (Å²) in [6, 6.07) is 9.83. The first kappa shape index (κ1) is 22.6. The summed E-state index contributed by atoms with van der Waals surface area (Å²) in [5, 5.41) is 23.6. The van der Waals surface area contributed by atoms with Gasteiger partial charge in [-0.15, -0.1) is 0 Å². The molecule has 0 amide bonds. The molecule has 8 nitrogen and oxygen atoms in total. The Morgan fingerprint density at radius 3 is 2.61 bits per heavy atom. The molecule has 4 rings (SSSR count). The minimum atomic E-state index is -0.966. The first-order valence-corrected chi connectivity index (χ1v) is 11.2.